The minimum Gasteiger partial charge on any atom is -0.475 e. The summed E-state index contributed by atoms with van der Waals surface area (Å²) in [5.41, 5.74) is -1.14. The minimum atomic E-state index is -1.68. The SMILES string of the molecule is CC(C)c1nc(C(=O)O)nn1-c1c(F)c(F)cc(F)c1F. The van der Waals surface area contributed by atoms with E-state index in [0.717, 1.165) is 0 Å². The van der Waals surface area contributed by atoms with Crippen LogP contribution in [0.2, 0.25) is 0 Å². The Hall–Kier alpha value is -2.45. The van der Waals surface area contributed by atoms with Crippen LogP contribution in [0.4, 0.5) is 17.6 Å². The molecule has 0 saturated carbocycles. The number of aromatic nitrogens is 3. The molecule has 5 nitrogen and oxygen atoms in total. The lowest BCUT2D eigenvalue weighted by atomic mass is 10.2. The second kappa shape index (κ2) is 5.15. The quantitative estimate of drug-likeness (QED) is 0.699. The Morgan fingerprint density at radius 1 is 1.19 bits per heavy atom. The lowest BCUT2D eigenvalue weighted by Crippen LogP contribution is -2.12. The van der Waals surface area contributed by atoms with E-state index in [4.69, 9.17) is 5.11 Å². The summed E-state index contributed by atoms with van der Waals surface area (Å²) in [5, 5.41) is 12.2. The van der Waals surface area contributed by atoms with Crippen LogP contribution in [0.5, 0.6) is 0 Å². The molecule has 1 aromatic heterocycles. The van der Waals surface area contributed by atoms with Gasteiger partial charge in [0.2, 0.25) is 0 Å². The van der Waals surface area contributed by atoms with E-state index in [9.17, 15) is 22.4 Å². The van der Waals surface area contributed by atoms with Crippen molar-refractivity contribution in [2.75, 3.05) is 0 Å². The molecule has 1 heterocycles. The summed E-state index contributed by atoms with van der Waals surface area (Å²) in [5.74, 6) is -9.51. The number of carboxylic acids is 1. The molecular formula is C12H9F4N3O2. The molecule has 0 spiro atoms. The van der Waals surface area contributed by atoms with Crippen LogP contribution in [0.15, 0.2) is 6.07 Å². The summed E-state index contributed by atoms with van der Waals surface area (Å²) in [6, 6.07) is 0.0538. The highest BCUT2D eigenvalue weighted by molar-refractivity contribution is 5.83. The summed E-state index contributed by atoms with van der Waals surface area (Å²) in [6.07, 6.45) is 0. The first kappa shape index (κ1) is 14.9. The van der Waals surface area contributed by atoms with Crippen LogP contribution in [-0.4, -0.2) is 25.8 Å². The third-order valence-corrected chi connectivity index (χ3v) is 2.64. The van der Waals surface area contributed by atoms with Crippen molar-refractivity contribution < 1.29 is 27.5 Å². The molecule has 0 aliphatic carbocycles. The first-order valence-electron chi connectivity index (χ1n) is 5.77. The standard InChI is InChI=1S/C12H9F4N3O2/c1-4(2)11-17-10(12(20)21)18-19(11)9-7(15)5(13)3-6(14)8(9)16/h3-4H,1-2H3,(H,20,21). The minimum absolute atomic E-state index is 0.0538. The summed E-state index contributed by atoms with van der Waals surface area (Å²) in [4.78, 5) is 14.5. The second-order valence-corrected chi connectivity index (χ2v) is 4.48. The highest BCUT2D eigenvalue weighted by Crippen LogP contribution is 2.25. The lowest BCUT2D eigenvalue weighted by molar-refractivity contribution is 0.0683. The third-order valence-electron chi connectivity index (χ3n) is 2.64. The van der Waals surface area contributed by atoms with Gasteiger partial charge >= 0.3 is 5.97 Å². The summed E-state index contributed by atoms with van der Waals surface area (Å²) in [7, 11) is 0. The number of benzene rings is 1. The monoisotopic (exact) mass is 303 g/mol. The average Bonchev–Trinajstić information content (AvgIpc) is 2.82. The van der Waals surface area contributed by atoms with E-state index >= 15 is 0 Å². The molecule has 0 saturated heterocycles. The molecule has 1 N–H and O–H groups in total. The van der Waals surface area contributed by atoms with Gasteiger partial charge in [0.15, 0.2) is 23.3 Å². The smallest absolute Gasteiger partial charge is 0.375 e. The first-order valence-corrected chi connectivity index (χ1v) is 5.77. The second-order valence-electron chi connectivity index (χ2n) is 4.48. The summed E-state index contributed by atoms with van der Waals surface area (Å²) >= 11 is 0. The molecule has 0 amide bonds. The Labute approximate surface area is 115 Å². The molecule has 0 unspecified atom stereocenters. The van der Waals surface area contributed by atoms with E-state index in [1.165, 1.54) is 0 Å². The zero-order valence-corrected chi connectivity index (χ0v) is 10.9. The Kier molecular flexibility index (Phi) is 3.67. The van der Waals surface area contributed by atoms with Gasteiger partial charge in [-0.15, -0.1) is 5.10 Å². The van der Waals surface area contributed by atoms with Crippen molar-refractivity contribution in [3.63, 3.8) is 0 Å². The van der Waals surface area contributed by atoms with E-state index in [1.54, 1.807) is 13.8 Å². The Morgan fingerprint density at radius 2 is 1.71 bits per heavy atom. The highest BCUT2D eigenvalue weighted by Gasteiger charge is 2.26. The van der Waals surface area contributed by atoms with Gasteiger partial charge in [-0.1, -0.05) is 13.8 Å². The molecule has 1 aromatic carbocycles. The number of carbonyl (C=O) groups is 1. The van der Waals surface area contributed by atoms with Crippen molar-refractivity contribution in [2.45, 2.75) is 19.8 Å². The van der Waals surface area contributed by atoms with Gasteiger partial charge in [-0.2, -0.15) is 0 Å². The van der Waals surface area contributed by atoms with Crippen molar-refractivity contribution in [1.29, 1.82) is 0 Å². The van der Waals surface area contributed by atoms with Crippen LogP contribution in [0, 0.1) is 23.3 Å². The maximum atomic E-state index is 13.8. The Morgan fingerprint density at radius 3 is 2.14 bits per heavy atom. The maximum Gasteiger partial charge on any atom is 0.375 e. The molecule has 0 radical (unpaired) electrons. The van der Waals surface area contributed by atoms with Crippen molar-refractivity contribution in [2.24, 2.45) is 0 Å². The van der Waals surface area contributed by atoms with Gasteiger partial charge in [0.1, 0.15) is 11.5 Å². The van der Waals surface area contributed by atoms with E-state index in [2.05, 4.69) is 10.1 Å². The molecule has 0 aliphatic heterocycles. The fraction of sp³-hybridized carbons (Fsp3) is 0.250. The number of carboxylic acid groups (broad SMARTS) is 1. The zero-order valence-electron chi connectivity index (χ0n) is 10.9. The van der Waals surface area contributed by atoms with Crippen molar-refractivity contribution in [3.05, 3.63) is 41.0 Å². The van der Waals surface area contributed by atoms with Crippen LogP contribution < -0.4 is 0 Å². The molecule has 9 heteroatoms. The fourth-order valence-corrected chi connectivity index (χ4v) is 1.70. The number of aromatic carboxylic acids is 1. The first-order chi connectivity index (χ1) is 9.73. The fourth-order valence-electron chi connectivity index (χ4n) is 1.70. The normalized spacial score (nSPS) is 11.2. The number of hydrogen-bond acceptors (Lipinski definition) is 3. The van der Waals surface area contributed by atoms with Gasteiger partial charge in [0.05, 0.1) is 0 Å². The van der Waals surface area contributed by atoms with Crippen LogP contribution >= 0.6 is 0 Å². The largest absolute Gasteiger partial charge is 0.475 e. The zero-order chi connectivity index (χ0) is 15.9. The van der Waals surface area contributed by atoms with Crippen molar-refractivity contribution in [1.82, 2.24) is 14.8 Å². The summed E-state index contributed by atoms with van der Waals surface area (Å²) < 4.78 is 54.5. The number of rotatable bonds is 3. The molecular weight excluding hydrogens is 294 g/mol. The predicted molar refractivity (Wildman–Crippen MR) is 62.2 cm³/mol. The van der Waals surface area contributed by atoms with Crippen LogP contribution in [0.1, 0.15) is 36.2 Å². The molecule has 0 atom stereocenters. The maximum absolute atomic E-state index is 13.8. The van der Waals surface area contributed by atoms with Crippen molar-refractivity contribution in [3.8, 4) is 5.69 Å². The van der Waals surface area contributed by atoms with Crippen LogP contribution in [-0.2, 0) is 0 Å². The molecule has 112 valence electrons. The van der Waals surface area contributed by atoms with Crippen LogP contribution in [0.3, 0.4) is 0 Å². The van der Waals surface area contributed by atoms with Gasteiger partial charge < -0.3 is 5.11 Å². The molecule has 21 heavy (non-hydrogen) atoms. The topological polar surface area (TPSA) is 68.0 Å². The Bertz CT molecular complexity index is 702. The number of hydrogen-bond donors (Lipinski definition) is 1. The molecule has 2 rings (SSSR count). The van der Waals surface area contributed by atoms with Gasteiger partial charge in [-0.05, 0) is 0 Å². The summed E-state index contributed by atoms with van der Waals surface area (Å²) in [6.45, 7) is 3.11. The molecule has 0 fully saturated rings. The van der Waals surface area contributed by atoms with Gasteiger partial charge in [0, 0.05) is 12.0 Å². The number of nitrogens with zero attached hydrogens (tertiary/aromatic N) is 3. The van der Waals surface area contributed by atoms with E-state index in [0.29, 0.717) is 4.68 Å². The van der Waals surface area contributed by atoms with Gasteiger partial charge in [-0.3, -0.25) is 0 Å². The van der Waals surface area contributed by atoms with Gasteiger partial charge in [-0.25, -0.2) is 32.0 Å². The predicted octanol–water partition coefficient (Wildman–Crippen LogP) is 2.65. The molecule has 2 aromatic rings. The van der Waals surface area contributed by atoms with E-state index in [-0.39, 0.29) is 11.9 Å². The van der Waals surface area contributed by atoms with Crippen molar-refractivity contribution >= 4 is 5.97 Å². The molecule has 0 bridgehead atoms. The Balaban J connectivity index is 2.81. The number of halogens is 4. The van der Waals surface area contributed by atoms with Gasteiger partial charge in [0.25, 0.3) is 5.82 Å². The average molecular weight is 303 g/mol. The molecule has 0 aliphatic rings. The van der Waals surface area contributed by atoms with Crippen LogP contribution in [0.25, 0.3) is 5.69 Å². The lowest BCUT2D eigenvalue weighted by Gasteiger charge is -2.11. The third kappa shape index (κ3) is 2.46. The highest BCUT2D eigenvalue weighted by atomic mass is 19.2. The van der Waals surface area contributed by atoms with E-state index in [1.807, 2.05) is 0 Å². The van der Waals surface area contributed by atoms with E-state index < -0.39 is 46.7 Å².